The molecule has 1 nitrogen and oxygen atoms in total. The van der Waals surface area contributed by atoms with Gasteiger partial charge in [-0.1, -0.05) is 19.8 Å². The predicted octanol–water partition coefficient (Wildman–Crippen LogP) is 3.97. The topological polar surface area (TPSA) is 17.1 Å². The lowest BCUT2D eigenvalue weighted by Crippen LogP contribution is -2.55. The summed E-state index contributed by atoms with van der Waals surface area (Å²) in [5, 5.41) is 0. The van der Waals surface area contributed by atoms with Crippen LogP contribution in [0.15, 0.2) is 0 Å². The molecule has 0 N–H and O–H groups in total. The van der Waals surface area contributed by atoms with Crippen LogP contribution in [0.3, 0.4) is 0 Å². The summed E-state index contributed by atoms with van der Waals surface area (Å²) in [6, 6.07) is 0. The zero-order valence-corrected chi connectivity index (χ0v) is 11.7. The molecule has 2 atom stereocenters. The Bertz CT molecular complexity index is 409. The first kappa shape index (κ1) is 12.3. The van der Waals surface area contributed by atoms with Crippen LogP contribution >= 0.6 is 0 Å². The molecule has 4 bridgehead atoms. The highest BCUT2D eigenvalue weighted by Crippen LogP contribution is 2.70. The molecule has 98 valence electrons. The Hall–Kier alpha value is -0.770. The van der Waals surface area contributed by atoms with Crippen LogP contribution in [0.4, 0.5) is 0 Å². The second-order valence-corrected chi connectivity index (χ2v) is 8.23. The summed E-state index contributed by atoms with van der Waals surface area (Å²) in [5.41, 5.74) is 1.31. The van der Waals surface area contributed by atoms with E-state index in [0.717, 1.165) is 12.3 Å². The van der Waals surface area contributed by atoms with Gasteiger partial charge in [-0.15, -0.1) is 6.42 Å². The van der Waals surface area contributed by atoms with Crippen molar-refractivity contribution >= 4 is 5.78 Å². The Morgan fingerprint density at radius 3 is 2.28 bits per heavy atom. The minimum Gasteiger partial charge on any atom is -0.299 e. The van der Waals surface area contributed by atoms with Crippen molar-refractivity contribution in [3.8, 4) is 12.3 Å². The smallest absolute Gasteiger partial charge is 0.145 e. The molecule has 0 aromatic carbocycles. The molecule has 0 aromatic rings. The standard InChI is InChI=1S/C17H24O/c1-4-5-14(18)9-17-8-13-6-15(2,11-17)10-16(3,7-13)12-17/h1,13H,5-12H2,2-3H3. The average Bonchev–Trinajstić information content (AvgIpc) is 2.09. The summed E-state index contributed by atoms with van der Waals surface area (Å²) in [4.78, 5) is 12.0. The zero-order chi connectivity index (χ0) is 13.0. The normalized spacial score (nSPS) is 49.1. The van der Waals surface area contributed by atoms with Gasteiger partial charge < -0.3 is 0 Å². The number of carbonyl (C=O) groups excluding carboxylic acids is 1. The van der Waals surface area contributed by atoms with Crippen molar-refractivity contribution < 1.29 is 4.79 Å². The first-order chi connectivity index (χ1) is 8.36. The first-order valence-corrected chi connectivity index (χ1v) is 7.31. The van der Waals surface area contributed by atoms with Crippen LogP contribution in [0, 0.1) is 34.5 Å². The van der Waals surface area contributed by atoms with Gasteiger partial charge in [-0.25, -0.2) is 0 Å². The lowest BCUT2D eigenvalue weighted by Gasteiger charge is -2.65. The van der Waals surface area contributed by atoms with Crippen molar-refractivity contribution in [2.75, 3.05) is 0 Å². The van der Waals surface area contributed by atoms with Gasteiger partial charge in [0.15, 0.2) is 0 Å². The van der Waals surface area contributed by atoms with Gasteiger partial charge in [0.1, 0.15) is 5.78 Å². The van der Waals surface area contributed by atoms with Crippen molar-refractivity contribution in [2.45, 2.75) is 65.2 Å². The molecular weight excluding hydrogens is 220 g/mol. The lowest BCUT2D eigenvalue weighted by molar-refractivity contribution is -0.154. The van der Waals surface area contributed by atoms with E-state index in [-0.39, 0.29) is 0 Å². The SMILES string of the molecule is C#CCC(=O)CC12CC3CC(C)(CC(C)(C3)C1)C2. The second-order valence-electron chi connectivity index (χ2n) is 8.23. The van der Waals surface area contributed by atoms with Gasteiger partial charge in [0.2, 0.25) is 0 Å². The van der Waals surface area contributed by atoms with Gasteiger partial charge in [-0.2, -0.15) is 0 Å². The van der Waals surface area contributed by atoms with E-state index in [9.17, 15) is 4.79 Å². The maximum absolute atomic E-state index is 12.0. The molecule has 4 fully saturated rings. The fourth-order valence-electron chi connectivity index (χ4n) is 6.48. The Balaban J connectivity index is 1.85. The van der Waals surface area contributed by atoms with E-state index in [1.54, 1.807) is 0 Å². The molecule has 18 heavy (non-hydrogen) atoms. The molecule has 4 rings (SSSR count). The Morgan fingerprint density at radius 1 is 1.17 bits per heavy atom. The van der Waals surface area contributed by atoms with E-state index in [4.69, 9.17) is 6.42 Å². The molecule has 4 aliphatic carbocycles. The van der Waals surface area contributed by atoms with E-state index in [2.05, 4.69) is 19.8 Å². The van der Waals surface area contributed by atoms with Crippen LogP contribution in [0.1, 0.15) is 65.2 Å². The number of terminal acetylenes is 1. The third-order valence-corrected chi connectivity index (χ3v) is 5.61. The van der Waals surface area contributed by atoms with E-state index < -0.39 is 0 Å². The Labute approximate surface area is 111 Å². The van der Waals surface area contributed by atoms with Gasteiger partial charge in [0.05, 0.1) is 6.42 Å². The fourth-order valence-corrected chi connectivity index (χ4v) is 6.48. The molecule has 0 aromatic heterocycles. The number of ketones is 1. The molecule has 0 spiro atoms. The van der Waals surface area contributed by atoms with Crippen molar-refractivity contribution in [3.63, 3.8) is 0 Å². The van der Waals surface area contributed by atoms with Gasteiger partial charge in [-0.05, 0) is 60.7 Å². The van der Waals surface area contributed by atoms with E-state index in [1.807, 2.05) is 0 Å². The first-order valence-electron chi connectivity index (χ1n) is 7.31. The van der Waals surface area contributed by atoms with Crippen LogP contribution in [0.5, 0.6) is 0 Å². The van der Waals surface area contributed by atoms with Crippen molar-refractivity contribution in [2.24, 2.45) is 22.2 Å². The summed E-state index contributed by atoms with van der Waals surface area (Å²) in [6.45, 7) is 4.91. The van der Waals surface area contributed by atoms with E-state index in [0.29, 0.717) is 28.4 Å². The highest BCUT2D eigenvalue weighted by molar-refractivity contribution is 5.81. The number of hydrogen-bond donors (Lipinski definition) is 0. The molecular formula is C17H24O. The molecule has 0 radical (unpaired) electrons. The van der Waals surface area contributed by atoms with E-state index >= 15 is 0 Å². The molecule has 0 heterocycles. The molecule has 0 aliphatic heterocycles. The molecule has 1 heteroatoms. The second kappa shape index (κ2) is 3.62. The molecule has 4 aliphatic rings. The van der Waals surface area contributed by atoms with Crippen molar-refractivity contribution in [1.82, 2.24) is 0 Å². The van der Waals surface area contributed by atoms with Crippen molar-refractivity contribution in [1.29, 1.82) is 0 Å². The molecule has 2 unspecified atom stereocenters. The molecule has 4 saturated carbocycles. The summed E-state index contributed by atoms with van der Waals surface area (Å²) in [5.74, 6) is 3.69. The van der Waals surface area contributed by atoms with Crippen LogP contribution in [-0.4, -0.2) is 5.78 Å². The maximum Gasteiger partial charge on any atom is 0.145 e. The zero-order valence-electron chi connectivity index (χ0n) is 11.7. The number of Topliss-reactive ketones (excluding diaryl/α,β-unsaturated/α-hetero) is 1. The highest BCUT2D eigenvalue weighted by atomic mass is 16.1. The quantitative estimate of drug-likeness (QED) is 0.687. The van der Waals surface area contributed by atoms with Gasteiger partial charge in [0.25, 0.3) is 0 Å². The van der Waals surface area contributed by atoms with Crippen LogP contribution < -0.4 is 0 Å². The molecule has 0 saturated heterocycles. The predicted molar refractivity (Wildman–Crippen MR) is 72.9 cm³/mol. The van der Waals surface area contributed by atoms with Crippen LogP contribution in [-0.2, 0) is 4.79 Å². The van der Waals surface area contributed by atoms with E-state index in [1.165, 1.54) is 38.5 Å². The van der Waals surface area contributed by atoms with Crippen LogP contribution in [0.25, 0.3) is 0 Å². The van der Waals surface area contributed by atoms with Gasteiger partial charge in [0, 0.05) is 6.42 Å². The summed E-state index contributed by atoms with van der Waals surface area (Å²) in [6.07, 6.45) is 14.3. The number of hydrogen-bond acceptors (Lipinski definition) is 1. The Morgan fingerprint density at radius 2 is 1.78 bits per heavy atom. The minimum atomic E-state index is 0.298. The fraction of sp³-hybridized carbons (Fsp3) is 0.824. The van der Waals surface area contributed by atoms with Gasteiger partial charge >= 0.3 is 0 Å². The third-order valence-electron chi connectivity index (χ3n) is 5.61. The average molecular weight is 244 g/mol. The summed E-state index contributed by atoms with van der Waals surface area (Å²) in [7, 11) is 0. The third kappa shape index (κ3) is 1.91. The summed E-state index contributed by atoms with van der Waals surface area (Å²) < 4.78 is 0. The van der Waals surface area contributed by atoms with Crippen molar-refractivity contribution in [3.05, 3.63) is 0 Å². The maximum atomic E-state index is 12.0. The number of carbonyl (C=O) groups is 1. The lowest BCUT2D eigenvalue weighted by atomic mass is 9.39. The summed E-state index contributed by atoms with van der Waals surface area (Å²) >= 11 is 0. The minimum absolute atomic E-state index is 0.298. The molecule has 0 amide bonds. The van der Waals surface area contributed by atoms with Crippen LogP contribution in [0.2, 0.25) is 0 Å². The highest BCUT2D eigenvalue weighted by Gasteiger charge is 2.60. The van der Waals surface area contributed by atoms with Gasteiger partial charge in [-0.3, -0.25) is 4.79 Å². The number of rotatable bonds is 3. The largest absolute Gasteiger partial charge is 0.299 e. The monoisotopic (exact) mass is 244 g/mol. The Kier molecular flexibility index (Phi) is 2.47.